The molecule has 1 saturated heterocycles. The van der Waals surface area contributed by atoms with Crippen molar-refractivity contribution in [2.75, 3.05) is 0 Å². The zero-order valence-corrected chi connectivity index (χ0v) is 7.45. The largest absolute Gasteiger partial charge is 0.328 e. The molecule has 4 heteroatoms. The number of para-hydroxylation sites is 1. The van der Waals surface area contributed by atoms with Crippen LogP contribution >= 0.6 is 0 Å². The molecule has 0 aliphatic carbocycles. The normalized spacial score (nSPS) is 23.0. The lowest BCUT2D eigenvalue weighted by Gasteiger charge is -2.17. The van der Waals surface area contributed by atoms with E-state index in [-0.39, 0.29) is 12.1 Å². The van der Waals surface area contributed by atoms with E-state index < -0.39 is 0 Å². The number of rotatable bonds is 0. The summed E-state index contributed by atoms with van der Waals surface area (Å²) < 4.78 is 0. The first-order valence-electron chi connectivity index (χ1n) is 4.57. The van der Waals surface area contributed by atoms with Crippen LogP contribution in [0.1, 0.15) is 5.56 Å². The molecule has 1 aromatic rings. The van der Waals surface area contributed by atoms with Crippen molar-refractivity contribution in [2.45, 2.75) is 12.5 Å². The fourth-order valence-corrected chi connectivity index (χ4v) is 1.86. The van der Waals surface area contributed by atoms with Gasteiger partial charge in [-0.15, -0.1) is 0 Å². The van der Waals surface area contributed by atoms with Crippen molar-refractivity contribution in [3.63, 3.8) is 0 Å². The smallest absolute Gasteiger partial charge is 0.320 e. The zero-order chi connectivity index (χ0) is 9.54. The van der Waals surface area contributed by atoms with E-state index in [1.54, 1.807) is 0 Å². The van der Waals surface area contributed by atoms with Gasteiger partial charge in [0.2, 0.25) is 0 Å². The summed E-state index contributed by atoms with van der Waals surface area (Å²) in [5, 5.41) is 5.51. The fraction of sp³-hybridized carbons (Fsp3) is 0.200. The molecule has 1 aromatic carbocycles. The molecule has 14 heavy (non-hydrogen) atoms. The van der Waals surface area contributed by atoms with Crippen LogP contribution in [0, 0.1) is 0 Å². The summed E-state index contributed by atoms with van der Waals surface area (Å²) in [4.78, 5) is 15.4. The molecule has 2 aliphatic heterocycles. The number of carbonyl (C=O) groups excluding carboxylic acids is 1. The number of hydrogen-bond acceptors (Lipinski definition) is 2. The van der Waals surface area contributed by atoms with Crippen LogP contribution < -0.4 is 10.6 Å². The molecule has 0 aromatic heterocycles. The maximum atomic E-state index is 11.1. The quantitative estimate of drug-likeness (QED) is 0.624. The number of benzene rings is 1. The van der Waals surface area contributed by atoms with E-state index in [9.17, 15) is 4.79 Å². The van der Waals surface area contributed by atoms with Gasteiger partial charge in [-0.3, -0.25) is 5.32 Å². The van der Waals surface area contributed by atoms with Gasteiger partial charge in [-0.2, -0.15) is 0 Å². The van der Waals surface area contributed by atoms with E-state index >= 15 is 0 Å². The molecule has 2 aliphatic rings. The molecule has 2 amide bonds. The average Bonchev–Trinajstić information content (AvgIpc) is 2.53. The molecule has 1 fully saturated rings. The molecule has 0 saturated carbocycles. The second kappa shape index (κ2) is 2.57. The van der Waals surface area contributed by atoms with Gasteiger partial charge in [0, 0.05) is 6.42 Å². The minimum atomic E-state index is -0.151. The van der Waals surface area contributed by atoms with E-state index in [0.717, 1.165) is 17.9 Å². The van der Waals surface area contributed by atoms with Crippen molar-refractivity contribution in [2.24, 2.45) is 4.99 Å². The van der Waals surface area contributed by atoms with Crippen molar-refractivity contribution >= 4 is 17.6 Å². The van der Waals surface area contributed by atoms with E-state index in [1.165, 1.54) is 5.56 Å². The number of carbonyl (C=O) groups is 1. The average molecular weight is 187 g/mol. The Hall–Kier alpha value is -1.84. The Balaban J connectivity index is 2.07. The number of amidine groups is 1. The molecular weight excluding hydrogens is 178 g/mol. The van der Waals surface area contributed by atoms with Crippen molar-refractivity contribution in [1.29, 1.82) is 0 Å². The van der Waals surface area contributed by atoms with Gasteiger partial charge in [0.1, 0.15) is 5.84 Å². The number of fused-ring (bicyclic) bond motifs is 2. The predicted octanol–water partition coefficient (Wildman–Crippen LogP) is 0.954. The highest BCUT2D eigenvalue weighted by Crippen LogP contribution is 2.25. The topological polar surface area (TPSA) is 53.5 Å². The van der Waals surface area contributed by atoms with Crippen molar-refractivity contribution in [1.82, 2.24) is 10.6 Å². The summed E-state index contributed by atoms with van der Waals surface area (Å²) >= 11 is 0. The number of nitrogens with zero attached hydrogens (tertiary/aromatic N) is 1. The third kappa shape index (κ3) is 1.00. The highest BCUT2D eigenvalue weighted by molar-refractivity contribution is 6.09. The number of urea groups is 1. The van der Waals surface area contributed by atoms with Crippen LogP contribution in [-0.2, 0) is 6.42 Å². The van der Waals surface area contributed by atoms with Crippen LogP contribution in [-0.4, -0.2) is 17.9 Å². The molecule has 1 unspecified atom stereocenters. The molecule has 0 radical (unpaired) electrons. The molecule has 2 N–H and O–H groups in total. The number of amides is 2. The molecule has 0 bridgehead atoms. The Bertz CT molecular complexity index is 439. The second-order valence-electron chi connectivity index (χ2n) is 3.48. The maximum absolute atomic E-state index is 11.1. The van der Waals surface area contributed by atoms with E-state index in [0.29, 0.717) is 0 Å². The Morgan fingerprint density at radius 1 is 1.36 bits per heavy atom. The van der Waals surface area contributed by atoms with Crippen molar-refractivity contribution < 1.29 is 4.79 Å². The molecule has 3 rings (SSSR count). The standard InChI is InChI=1S/C10H9N3O/c14-10-12-8-5-6-3-1-2-4-7(6)11-9(8)13-10/h1-4,8H,5H2,(H2,11,12,13,14). The third-order valence-electron chi connectivity index (χ3n) is 2.53. The Labute approximate surface area is 81.0 Å². The Kier molecular flexibility index (Phi) is 1.39. The second-order valence-corrected chi connectivity index (χ2v) is 3.48. The predicted molar refractivity (Wildman–Crippen MR) is 52.7 cm³/mol. The summed E-state index contributed by atoms with van der Waals surface area (Å²) in [6.07, 6.45) is 0.827. The first-order valence-corrected chi connectivity index (χ1v) is 4.57. The lowest BCUT2D eigenvalue weighted by atomic mass is 10.0. The summed E-state index contributed by atoms with van der Waals surface area (Å²) in [6.45, 7) is 0. The van der Waals surface area contributed by atoms with E-state index in [2.05, 4.69) is 15.6 Å². The van der Waals surface area contributed by atoms with Crippen molar-refractivity contribution in [3.8, 4) is 0 Å². The van der Waals surface area contributed by atoms with Crippen LogP contribution in [0.5, 0.6) is 0 Å². The van der Waals surface area contributed by atoms with Crippen LogP contribution in [0.15, 0.2) is 29.3 Å². The van der Waals surface area contributed by atoms with Gasteiger partial charge >= 0.3 is 6.03 Å². The summed E-state index contributed by atoms with van der Waals surface area (Å²) in [5.41, 5.74) is 2.15. The molecule has 2 heterocycles. The molecule has 4 nitrogen and oxygen atoms in total. The van der Waals surface area contributed by atoms with E-state index in [4.69, 9.17) is 0 Å². The van der Waals surface area contributed by atoms with Gasteiger partial charge in [0.05, 0.1) is 11.7 Å². The number of aliphatic imine (C=N–C) groups is 1. The van der Waals surface area contributed by atoms with Crippen LogP contribution in [0.25, 0.3) is 0 Å². The van der Waals surface area contributed by atoms with Gasteiger partial charge in [-0.05, 0) is 11.6 Å². The van der Waals surface area contributed by atoms with Gasteiger partial charge in [-0.25, -0.2) is 9.79 Å². The summed E-state index contributed by atoms with van der Waals surface area (Å²) in [6, 6.07) is 7.83. The summed E-state index contributed by atoms with van der Waals surface area (Å²) in [7, 11) is 0. The number of hydrogen-bond donors (Lipinski definition) is 2. The minimum absolute atomic E-state index is 0.0393. The monoisotopic (exact) mass is 187 g/mol. The van der Waals surface area contributed by atoms with Crippen LogP contribution in [0.4, 0.5) is 10.5 Å². The van der Waals surface area contributed by atoms with Gasteiger partial charge < -0.3 is 5.32 Å². The summed E-state index contributed by atoms with van der Waals surface area (Å²) in [5.74, 6) is 0.744. The fourth-order valence-electron chi connectivity index (χ4n) is 1.86. The minimum Gasteiger partial charge on any atom is -0.328 e. The zero-order valence-electron chi connectivity index (χ0n) is 7.45. The molecule has 1 atom stereocenters. The van der Waals surface area contributed by atoms with Crippen LogP contribution in [0.3, 0.4) is 0 Å². The third-order valence-corrected chi connectivity index (χ3v) is 2.53. The van der Waals surface area contributed by atoms with Crippen molar-refractivity contribution in [3.05, 3.63) is 29.8 Å². The SMILES string of the molecule is O=C1NC2=Nc3ccccc3CC2N1. The van der Waals surface area contributed by atoms with Crippen LogP contribution in [0.2, 0.25) is 0 Å². The first kappa shape index (κ1) is 7.55. The maximum Gasteiger partial charge on any atom is 0.320 e. The van der Waals surface area contributed by atoms with Gasteiger partial charge in [0.25, 0.3) is 0 Å². The lowest BCUT2D eigenvalue weighted by molar-refractivity contribution is 0.248. The Morgan fingerprint density at radius 2 is 2.21 bits per heavy atom. The lowest BCUT2D eigenvalue weighted by Crippen LogP contribution is -2.33. The highest BCUT2D eigenvalue weighted by atomic mass is 16.2. The molecule has 0 spiro atoms. The number of nitrogens with one attached hydrogen (secondary N) is 2. The molecule has 70 valence electrons. The Morgan fingerprint density at radius 3 is 3.14 bits per heavy atom. The molecular formula is C10H9N3O. The highest BCUT2D eigenvalue weighted by Gasteiger charge is 2.30. The van der Waals surface area contributed by atoms with Gasteiger partial charge in [0.15, 0.2) is 0 Å². The first-order chi connectivity index (χ1) is 6.83. The van der Waals surface area contributed by atoms with E-state index in [1.807, 2.05) is 24.3 Å². The van der Waals surface area contributed by atoms with Gasteiger partial charge in [-0.1, -0.05) is 18.2 Å².